The van der Waals surface area contributed by atoms with Crippen molar-refractivity contribution in [3.05, 3.63) is 29.6 Å². The number of pyridine rings is 1. The van der Waals surface area contributed by atoms with Crippen LogP contribution in [0.3, 0.4) is 0 Å². The third-order valence-corrected chi connectivity index (χ3v) is 5.55. The van der Waals surface area contributed by atoms with Crippen molar-refractivity contribution in [2.24, 2.45) is 5.92 Å². The first-order chi connectivity index (χ1) is 11.3. The van der Waals surface area contributed by atoms with Gasteiger partial charge in [0.1, 0.15) is 5.60 Å². The summed E-state index contributed by atoms with van der Waals surface area (Å²) in [7, 11) is -3.17. The summed E-state index contributed by atoms with van der Waals surface area (Å²) in [6.07, 6.45) is 4.39. The standard InChI is InChI=1S/C16H23N3O4S/c1-12-3-4-13(9-17-12)15(20)19-10-16(11-19)14(6-8-23-16)5-7-18-24(2,21)22/h3-4,9,14,18H,5-8,10-11H2,1-2H3/t14-/m0/s1. The second kappa shape index (κ2) is 6.42. The molecule has 0 saturated carbocycles. The highest BCUT2D eigenvalue weighted by Crippen LogP contribution is 2.41. The molecule has 0 unspecified atom stereocenters. The van der Waals surface area contributed by atoms with Crippen LogP contribution in [0.25, 0.3) is 0 Å². The van der Waals surface area contributed by atoms with Crippen molar-refractivity contribution in [3.8, 4) is 0 Å². The molecule has 0 radical (unpaired) electrons. The predicted octanol–water partition coefficient (Wildman–Crippen LogP) is 0.560. The molecule has 1 spiro atoms. The lowest BCUT2D eigenvalue weighted by molar-refractivity contribution is -0.117. The number of sulfonamides is 1. The van der Waals surface area contributed by atoms with Crippen LogP contribution in [0.5, 0.6) is 0 Å². The fourth-order valence-corrected chi connectivity index (χ4v) is 3.97. The van der Waals surface area contributed by atoms with Crippen LogP contribution in [0.4, 0.5) is 0 Å². The van der Waals surface area contributed by atoms with E-state index in [1.54, 1.807) is 17.2 Å². The molecule has 2 saturated heterocycles. The number of ether oxygens (including phenoxy) is 1. The summed E-state index contributed by atoms with van der Waals surface area (Å²) < 4.78 is 30.8. The van der Waals surface area contributed by atoms with E-state index in [9.17, 15) is 13.2 Å². The Hall–Kier alpha value is -1.51. The van der Waals surface area contributed by atoms with E-state index < -0.39 is 10.0 Å². The maximum absolute atomic E-state index is 12.5. The highest BCUT2D eigenvalue weighted by Gasteiger charge is 2.54. The van der Waals surface area contributed by atoms with Gasteiger partial charge in [-0.2, -0.15) is 0 Å². The molecule has 24 heavy (non-hydrogen) atoms. The molecule has 1 aromatic rings. The number of hydrogen-bond donors (Lipinski definition) is 1. The Balaban J connectivity index is 1.57. The second-order valence-electron chi connectivity index (χ2n) is 6.70. The van der Waals surface area contributed by atoms with Gasteiger partial charge in [-0.15, -0.1) is 0 Å². The first-order valence-electron chi connectivity index (χ1n) is 8.10. The van der Waals surface area contributed by atoms with Crippen molar-refractivity contribution in [1.29, 1.82) is 0 Å². The second-order valence-corrected chi connectivity index (χ2v) is 8.54. The van der Waals surface area contributed by atoms with Gasteiger partial charge in [0.15, 0.2) is 0 Å². The SMILES string of the molecule is Cc1ccc(C(=O)N2CC3(C2)OCC[C@@H]3CCNS(C)(=O)=O)cn1. The van der Waals surface area contributed by atoms with Gasteiger partial charge in [-0.25, -0.2) is 13.1 Å². The molecule has 2 aliphatic rings. The number of aryl methyl sites for hydroxylation is 1. The van der Waals surface area contributed by atoms with Gasteiger partial charge in [-0.1, -0.05) is 0 Å². The van der Waals surface area contributed by atoms with Crippen LogP contribution in [0.1, 0.15) is 28.9 Å². The molecule has 1 atom stereocenters. The van der Waals surface area contributed by atoms with Gasteiger partial charge in [0.05, 0.1) is 24.9 Å². The number of nitrogens with zero attached hydrogens (tertiary/aromatic N) is 2. The van der Waals surface area contributed by atoms with Crippen molar-refractivity contribution in [2.75, 3.05) is 32.5 Å². The number of carbonyl (C=O) groups excluding carboxylic acids is 1. The average Bonchev–Trinajstić information content (AvgIpc) is 2.88. The summed E-state index contributed by atoms with van der Waals surface area (Å²) in [6.45, 7) is 4.07. The third-order valence-electron chi connectivity index (χ3n) is 4.82. The maximum Gasteiger partial charge on any atom is 0.255 e. The van der Waals surface area contributed by atoms with Crippen LogP contribution >= 0.6 is 0 Å². The molecule has 7 nitrogen and oxygen atoms in total. The number of amides is 1. The summed E-state index contributed by atoms with van der Waals surface area (Å²) in [5.41, 5.74) is 1.15. The smallest absolute Gasteiger partial charge is 0.255 e. The van der Waals surface area contributed by atoms with Crippen molar-refractivity contribution >= 4 is 15.9 Å². The van der Waals surface area contributed by atoms with E-state index in [-0.39, 0.29) is 17.4 Å². The number of nitrogens with one attached hydrogen (secondary N) is 1. The van der Waals surface area contributed by atoms with Gasteiger partial charge in [0.2, 0.25) is 10.0 Å². The van der Waals surface area contributed by atoms with E-state index in [2.05, 4.69) is 9.71 Å². The van der Waals surface area contributed by atoms with Crippen molar-refractivity contribution < 1.29 is 17.9 Å². The van der Waals surface area contributed by atoms with Crippen LogP contribution in [0, 0.1) is 12.8 Å². The molecular formula is C16H23N3O4S. The van der Waals surface area contributed by atoms with Crippen molar-refractivity contribution in [2.45, 2.75) is 25.4 Å². The molecule has 2 fully saturated rings. The minimum absolute atomic E-state index is 0.0309. The molecule has 8 heteroatoms. The quantitative estimate of drug-likeness (QED) is 0.836. The third kappa shape index (κ3) is 3.60. The predicted molar refractivity (Wildman–Crippen MR) is 89.1 cm³/mol. The lowest BCUT2D eigenvalue weighted by atomic mass is 9.78. The monoisotopic (exact) mass is 353 g/mol. The molecule has 3 heterocycles. The number of rotatable bonds is 5. The number of likely N-dealkylation sites (tertiary alicyclic amines) is 1. The molecule has 1 aromatic heterocycles. The highest BCUT2D eigenvalue weighted by molar-refractivity contribution is 7.88. The Morgan fingerprint density at radius 3 is 2.83 bits per heavy atom. The first-order valence-corrected chi connectivity index (χ1v) is 9.99. The Morgan fingerprint density at radius 1 is 1.46 bits per heavy atom. The molecular weight excluding hydrogens is 330 g/mol. The number of hydrogen-bond acceptors (Lipinski definition) is 5. The zero-order valence-electron chi connectivity index (χ0n) is 14.0. The molecule has 3 rings (SSSR count). The van der Waals surface area contributed by atoms with Crippen LogP contribution in [-0.2, 0) is 14.8 Å². The first kappa shape index (κ1) is 17.3. The molecule has 0 aliphatic carbocycles. The Kier molecular flexibility index (Phi) is 4.63. The summed E-state index contributed by atoms with van der Waals surface area (Å²) in [5, 5.41) is 0. The van der Waals surface area contributed by atoms with Crippen molar-refractivity contribution in [1.82, 2.24) is 14.6 Å². The topological polar surface area (TPSA) is 88.6 Å². The normalized spacial score (nSPS) is 22.6. The van der Waals surface area contributed by atoms with E-state index in [0.717, 1.165) is 24.8 Å². The summed E-state index contributed by atoms with van der Waals surface area (Å²) >= 11 is 0. The largest absolute Gasteiger partial charge is 0.371 e. The minimum atomic E-state index is -3.17. The Labute approximate surface area is 142 Å². The van der Waals surface area contributed by atoms with Crippen LogP contribution < -0.4 is 4.72 Å². The lowest BCUT2D eigenvalue weighted by Crippen LogP contribution is -2.66. The van der Waals surface area contributed by atoms with Gasteiger partial charge in [0, 0.05) is 25.0 Å². The van der Waals surface area contributed by atoms with E-state index in [4.69, 9.17) is 4.74 Å². The summed E-state index contributed by atoms with van der Waals surface area (Å²) in [5.74, 6) is 0.239. The summed E-state index contributed by atoms with van der Waals surface area (Å²) in [6, 6.07) is 3.62. The van der Waals surface area contributed by atoms with Crippen LogP contribution in [0.2, 0.25) is 0 Å². The fourth-order valence-electron chi connectivity index (χ4n) is 3.48. The van der Waals surface area contributed by atoms with Gasteiger partial charge < -0.3 is 9.64 Å². The van der Waals surface area contributed by atoms with E-state index in [0.29, 0.717) is 31.8 Å². The van der Waals surface area contributed by atoms with Crippen LogP contribution in [-0.4, -0.2) is 62.3 Å². The summed E-state index contributed by atoms with van der Waals surface area (Å²) in [4.78, 5) is 18.4. The minimum Gasteiger partial charge on any atom is -0.371 e. The Morgan fingerprint density at radius 2 is 2.21 bits per heavy atom. The molecule has 0 aromatic carbocycles. The van der Waals surface area contributed by atoms with Gasteiger partial charge in [-0.05, 0) is 37.8 Å². The van der Waals surface area contributed by atoms with E-state index in [1.165, 1.54) is 0 Å². The molecule has 1 amide bonds. The zero-order chi connectivity index (χ0) is 17.4. The van der Waals surface area contributed by atoms with Crippen LogP contribution in [0.15, 0.2) is 18.3 Å². The van der Waals surface area contributed by atoms with E-state index >= 15 is 0 Å². The number of aromatic nitrogens is 1. The molecule has 2 aliphatic heterocycles. The fraction of sp³-hybridized carbons (Fsp3) is 0.625. The van der Waals surface area contributed by atoms with E-state index in [1.807, 2.05) is 13.0 Å². The molecule has 1 N–H and O–H groups in total. The molecule has 132 valence electrons. The van der Waals surface area contributed by atoms with Gasteiger partial charge >= 0.3 is 0 Å². The highest BCUT2D eigenvalue weighted by atomic mass is 32.2. The lowest BCUT2D eigenvalue weighted by Gasteiger charge is -2.50. The number of carbonyl (C=O) groups is 1. The zero-order valence-corrected chi connectivity index (χ0v) is 14.8. The Bertz CT molecular complexity index is 711. The maximum atomic E-state index is 12.5. The van der Waals surface area contributed by atoms with Gasteiger partial charge in [0.25, 0.3) is 5.91 Å². The van der Waals surface area contributed by atoms with Crippen molar-refractivity contribution in [3.63, 3.8) is 0 Å². The molecule has 0 bridgehead atoms. The average molecular weight is 353 g/mol. The van der Waals surface area contributed by atoms with Gasteiger partial charge in [-0.3, -0.25) is 9.78 Å².